The number of para-hydroxylation sites is 1. The largest absolute Gasteiger partial charge is 0.484 e. The molecule has 1 aromatic heterocycles. The van der Waals surface area contributed by atoms with E-state index >= 15 is 0 Å². The van der Waals surface area contributed by atoms with E-state index in [1.54, 1.807) is 11.3 Å². The summed E-state index contributed by atoms with van der Waals surface area (Å²) in [5.41, 5.74) is 3.08. The molecule has 1 N–H and O–H groups in total. The first kappa shape index (κ1) is 23.3. The highest BCUT2D eigenvalue weighted by Crippen LogP contribution is 2.29. The maximum atomic E-state index is 12.2. The second-order valence-electron chi connectivity index (χ2n) is 8.58. The molecule has 0 bridgehead atoms. The van der Waals surface area contributed by atoms with Gasteiger partial charge >= 0.3 is 0 Å². The lowest BCUT2D eigenvalue weighted by Gasteiger charge is -2.39. The summed E-state index contributed by atoms with van der Waals surface area (Å²) in [6.45, 7) is 6.35. The zero-order valence-electron chi connectivity index (χ0n) is 19.5. The second-order valence-corrected chi connectivity index (χ2v) is 9.47. The standard InChI is InChI=1S/C26H32N4O2S/c1-19-18-33-26(27-19)20(2)29(3)22-13-15-30(16-14-22)23-11-9-21(10-12-23)28-25(31)17-32-24-7-5-4-6-8-24/h4-12,18,20,22H,13-17H2,1-3H3,(H,28,31). The number of aryl methyl sites for hydroxylation is 1. The van der Waals surface area contributed by atoms with E-state index in [2.05, 4.69) is 58.5 Å². The Bertz CT molecular complexity index is 1030. The molecule has 0 saturated carbocycles. The normalized spacial score (nSPS) is 15.5. The molecule has 0 radical (unpaired) electrons. The van der Waals surface area contributed by atoms with E-state index in [0.717, 1.165) is 37.3 Å². The third kappa shape index (κ3) is 6.12. The van der Waals surface area contributed by atoms with E-state index < -0.39 is 0 Å². The molecule has 1 fully saturated rings. The lowest BCUT2D eigenvalue weighted by Crippen LogP contribution is -2.44. The first-order valence-corrected chi connectivity index (χ1v) is 12.3. The first-order valence-electron chi connectivity index (χ1n) is 11.5. The molecule has 2 aromatic carbocycles. The Kier molecular flexibility index (Phi) is 7.62. The van der Waals surface area contributed by atoms with Crippen molar-refractivity contribution in [2.45, 2.75) is 38.8 Å². The van der Waals surface area contributed by atoms with Gasteiger partial charge in [-0.1, -0.05) is 18.2 Å². The van der Waals surface area contributed by atoms with Gasteiger partial charge in [-0.2, -0.15) is 0 Å². The van der Waals surface area contributed by atoms with Crippen LogP contribution in [0.2, 0.25) is 0 Å². The summed E-state index contributed by atoms with van der Waals surface area (Å²) in [5.74, 6) is 0.521. The van der Waals surface area contributed by atoms with Gasteiger partial charge in [0.1, 0.15) is 10.8 Å². The predicted octanol–water partition coefficient (Wildman–Crippen LogP) is 5.13. The number of piperidine rings is 1. The number of nitrogens with one attached hydrogen (secondary N) is 1. The van der Waals surface area contributed by atoms with Crippen LogP contribution < -0.4 is 15.0 Å². The smallest absolute Gasteiger partial charge is 0.262 e. The Morgan fingerprint density at radius 1 is 1.18 bits per heavy atom. The van der Waals surface area contributed by atoms with Crippen LogP contribution in [0.25, 0.3) is 0 Å². The van der Waals surface area contributed by atoms with Crippen molar-refractivity contribution in [3.8, 4) is 5.75 Å². The van der Waals surface area contributed by atoms with E-state index in [4.69, 9.17) is 4.74 Å². The Morgan fingerprint density at radius 3 is 2.52 bits per heavy atom. The average molecular weight is 465 g/mol. The van der Waals surface area contributed by atoms with Crippen LogP contribution in [-0.4, -0.2) is 48.6 Å². The number of amides is 1. The number of carbonyl (C=O) groups is 1. The summed E-state index contributed by atoms with van der Waals surface area (Å²) < 4.78 is 5.51. The average Bonchev–Trinajstić information content (AvgIpc) is 3.29. The Labute approximate surface area is 200 Å². The first-order chi connectivity index (χ1) is 16.0. The molecule has 1 unspecified atom stereocenters. The van der Waals surface area contributed by atoms with E-state index in [0.29, 0.717) is 17.8 Å². The van der Waals surface area contributed by atoms with E-state index in [9.17, 15) is 4.79 Å². The molecule has 174 valence electrons. The number of thiazole rings is 1. The highest BCUT2D eigenvalue weighted by Gasteiger charge is 2.27. The number of aromatic nitrogens is 1. The van der Waals surface area contributed by atoms with Crippen molar-refractivity contribution in [3.05, 3.63) is 70.7 Å². The molecule has 4 rings (SSSR count). The van der Waals surface area contributed by atoms with Gasteiger partial charge in [0, 0.05) is 41.6 Å². The summed E-state index contributed by atoms with van der Waals surface area (Å²) in [7, 11) is 2.22. The SMILES string of the molecule is Cc1csc(C(C)N(C)C2CCN(c3ccc(NC(=O)COc4ccccc4)cc3)CC2)n1. The lowest BCUT2D eigenvalue weighted by atomic mass is 10.0. The van der Waals surface area contributed by atoms with E-state index in [1.165, 1.54) is 10.7 Å². The number of carbonyl (C=O) groups excluding carboxylic acids is 1. The van der Waals surface area contributed by atoms with Gasteiger partial charge in [0.25, 0.3) is 5.91 Å². The Hall–Kier alpha value is -2.90. The van der Waals surface area contributed by atoms with Gasteiger partial charge in [0.05, 0.1) is 6.04 Å². The monoisotopic (exact) mass is 464 g/mol. The van der Waals surface area contributed by atoms with Gasteiger partial charge in [0.2, 0.25) is 0 Å². The zero-order chi connectivity index (χ0) is 23.2. The number of anilines is 2. The van der Waals surface area contributed by atoms with Crippen molar-refractivity contribution >= 4 is 28.6 Å². The summed E-state index contributed by atoms with van der Waals surface area (Å²) in [5, 5.41) is 6.23. The minimum absolute atomic E-state index is 0.00816. The molecule has 33 heavy (non-hydrogen) atoms. The van der Waals surface area contributed by atoms with Crippen LogP contribution in [0.1, 0.15) is 36.5 Å². The van der Waals surface area contributed by atoms with Crippen LogP contribution in [0.5, 0.6) is 5.75 Å². The molecular weight excluding hydrogens is 432 g/mol. The van der Waals surface area contributed by atoms with Gasteiger partial charge in [-0.15, -0.1) is 11.3 Å². The van der Waals surface area contributed by atoms with Crippen LogP contribution in [0.3, 0.4) is 0 Å². The molecule has 0 aliphatic carbocycles. The maximum absolute atomic E-state index is 12.2. The van der Waals surface area contributed by atoms with Crippen molar-refractivity contribution < 1.29 is 9.53 Å². The highest BCUT2D eigenvalue weighted by atomic mass is 32.1. The van der Waals surface area contributed by atoms with E-state index in [-0.39, 0.29) is 12.5 Å². The number of ether oxygens (including phenoxy) is 1. The topological polar surface area (TPSA) is 57.7 Å². The highest BCUT2D eigenvalue weighted by molar-refractivity contribution is 7.09. The maximum Gasteiger partial charge on any atom is 0.262 e. The number of benzene rings is 2. The van der Waals surface area contributed by atoms with Crippen LogP contribution >= 0.6 is 11.3 Å². The molecule has 2 heterocycles. The second kappa shape index (κ2) is 10.8. The molecule has 6 nitrogen and oxygen atoms in total. The number of nitrogens with zero attached hydrogens (tertiary/aromatic N) is 3. The number of hydrogen-bond acceptors (Lipinski definition) is 6. The molecular formula is C26H32N4O2S. The molecule has 0 spiro atoms. The fourth-order valence-electron chi connectivity index (χ4n) is 4.20. The van der Waals surface area contributed by atoms with Crippen LogP contribution in [0.15, 0.2) is 60.0 Å². The van der Waals surface area contributed by atoms with Crippen LogP contribution in [0.4, 0.5) is 11.4 Å². The minimum atomic E-state index is -0.167. The van der Waals surface area contributed by atoms with Gasteiger partial charge < -0.3 is 15.0 Å². The fourth-order valence-corrected chi connectivity index (χ4v) is 5.11. The number of hydrogen-bond donors (Lipinski definition) is 1. The Morgan fingerprint density at radius 2 is 1.88 bits per heavy atom. The zero-order valence-corrected chi connectivity index (χ0v) is 20.3. The van der Waals surface area contributed by atoms with Crippen molar-refractivity contribution in [3.63, 3.8) is 0 Å². The summed E-state index contributed by atoms with van der Waals surface area (Å²) in [6.07, 6.45) is 2.25. The van der Waals surface area contributed by atoms with Crippen LogP contribution in [-0.2, 0) is 4.79 Å². The third-order valence-electron chi connectivity index (χ3n) is 6.27. The molecule has 7 heteroatoms. The van der Waals surface area contributed by atoms with Gasteiger partial charge in [-0.05, 0) is 70.1 Å². The van der Waals surface area contributed by atoms with Crippen LogP contribution in [0, 0.1) is 6.92 Å². The fraction of sp³-hybridized carbons (Fsp3) is 0.385. The lowest BCUT2D eigenvalue weighted by molar-refractivity contribution is -0.118. The minimum Gasteiger partial charge on any atom is -0.484 e. The van der Waals surface area contributed by atoms with Crippen molar-refractivity contribution in [1.29, 1.82) is 0 Å². The van der Waals surface area contributed by atoms with Crippen molar-refractivity contribution in [1.82, 2.24) is 9.88 Å². The molecule has 1 amide bonds. The van der Waals surface area contributed by atoms with Crippen molar-refractivity contribution in [2.24, 2.45) is 0 Å². The summed E-state index contributed by atoms with van der Waals surface area (Å²) in [6, 6.07) is 18.3. The summed E-state index contributed by atoms with van der Waals surface area (Å²) in [4.78, 5) is 21.8. The van der Waals surface area contributed by atoms with E-state index in [1.807, 2.05) is 42.5 Å². The Balaban J connectivity index is 1.24. The molecule has 1 aliphatic heterocycles. The van der Waals surface area contributed by atoms with Gasteiger partial charge in [-0.3, -0.25) is 9.69 Å². The summed E-state index contributed by atoms with van der Waals surface area (Å²) >= 11 is 1.75. The molecule has 1 saturated heterocycles. The molecule has 1 aliphatic rings. The van der Waals surface area contributed by atoms with Crippen molar-refractivity contribution in [2.75, 3.05) is 37.0 Å². The van der Waals surface area contributed by atoms with Gasteiger partial charge in [0.15, 0.2) is 6.61 Å². The molecule has 3 aromatic rings. The predicted molar refractivity (Wildman–Crippen MR) is 135 cm³/mol. The molecule has 1 atom stereocenters. The third-order valence-corrected chi connectivity index (χ3v) is 7.41. The quantitative estimate of drug-likeness (QED) is 0.501. The number of rotatable bonds is 8. The van der Waals surface area contributed by atoms with Gasteiger partial charge in [-0.25, -0.2) is 4.98 Å².